The molecule has 0 bridgehead atoms. The van der Waals surface area contributed by atoms with Gasteiger partial charge >= 0.3 is 0 Å². The number of rotatable bonds is 6. The fourth-order valence-corrected chi connectivity index (χ4v) is 5.81. The number of carbonyl (C=O) groups excluding carboxylic acids is 2. The number of carbonyl (C=O) groups is 2. The van der Waals surface area contributed by atoms with Crippen LogP contribution in [0.2, 0.25) is 5.02 Å². The van der Waals surface area contributed by atoms with E-state index in [1.807, 2.05) is 6.07 Å². The van der Waals surface area contributed by atoms with Crippen molar-refractivity contribution in [3.05, 3.63) is 94.4 Å². The molecule has 3 heterocycles. The quantitative estimate of drug-likeness (QED) is 0.243. The van der Waals surface area contributed by atoms with Crippen molar-refractivity contribution in [2.24, 2.45) is 0 Å². The highest BCUT2D eigenvalue weighted by atomic mass is 35.5. The topological polar surface area (TPSA) is 102 Å². The van der Waals surface area contributed by atoms with E-state index in [9.17, 15) is 14.7 Å². The molecule has 0 fully saturated rings. The third-order valence-electron chi connectivity index (χ3n) is 6.36. The van der Waals surface area contributed by atoms with Crippen molar-refractivity contribution in [3.8, 4) is 11.5 Å². The Morgan fingerprint density at radius 3 is 2.66 bits per heavy atom. The van der Waals surface area contributed by atoms with Gasteiger partial charge in [0.15, 0.2) is 28.0 Å². The van der Waals surface area contributed by atoms with Crippen molar-refractivity contribution in [2.75, 3.05) is 19.1 Å². The van der Waals surface area contributed by atoms with E-state index in [4.69, 9.17) is 25.5 Å². The van der Waals surface area contributed by atoms with E-state index in [0.717, 1.165) is 4.70 Å². The summed E-state index contributed by atoms with van der Waals surface area (Å²) >= 11 is 7.53. The van der Waals surface area contributed by atoms with Crippen LogP contribution < -0.4 is 14.4 Å². The molecule has 1 amide bonds. The van der Waals surface area contributed by atoms with Crippen molar-refractivity contribution in [3.63, 3.8) is 0 Å². The van der Waals surface area contributed by atoms with E-state index in [-0.39, 0.29) is 11.3 Å². The van der Waals surface area contributed by atoms with Gasteiger partial charge in [-0.2, -0.15) is 0 Å². The molecule has 38 heavy (non-hydrogen) atoms. The Kier molecular flexibility index (Phi) is 5.81. The summed E-state index contributed by atoms with van der Waals surface area (Å²) in [4.78, 5) is 33.3. The average molecular weight is 547 g/mol. The second kappa shape index (κ2) is 9.20. The molecule has 10 heteroatoms. The molecule has 0 saturated heterocycles. The second-order valence-corrected chi connectivity index (χ2v) is 9.99. The number of ether oxygens (including phenoxy) is 2. The zero-order chi connectivity index (χ0) is 26.6. The SMILES string of the molecule is COc1ccc2nc(N3C(=O)C(O)=C(C(=O)c4cc5cccc(OC)c5o4)C3c3cccc(Cl)c3)sc2c1. The van der Waals surface area contributed by atoms with Crippen molar-refractivity contribution in [1.29, 1.82) is 0 Å². The number of aliphatic hydroxyl groups excluding tert-OH is 1. The minimum absolute atomic E-state index is 0.0400. The smallest absolute Gasteiger partial charge is 0.296 e. The summed E-state index contributed by atoms with van der Waals surface area (Å²) in [6, 6.07) is 18.0. The number of aromatic nitrogens is 1. The van der Waals surface area contributed by atoms with Crippen LogP contribution in [-0.2, 0) is 4.79 Å². The van der Waals surface area contributed by atoms with Gasteiger partial charge in [0.1, 0.15) is 5.75 Å². The Morgan fingerprint density at radius 1 is 1.08 bits per heavy atom. The number of ketones is 1. The summed E-state index contributed by atoms with van der Waals surface area (Å²) in [5.74, 6) is -1.00. The molecule has 1 aliphatic rings. The second-order valence-electron chi connectivity index (χ2n) is 8.54. The summed E-state index contributed by atoms with van der Waals surface area (Å²) in [5.41, 5.74) is 1.43. The predicted octanol–water partition coefficient (Wildman–Crippen LogP) is 6.50. The summed E-state index contributed by atoms with van der Waals surface area (Å²) < 4.78 is 17.3. The highest BCUT2D eigenvalue weighted by molar-refractivity contribution is 7.22. The third kappa shape index (κ3) is 3.79. The average Bonchev–Trinajstić information content (AvgIpc) is 3.61. The van der Waals surface area contributed by atoms with Crippen molar-refractivity contribution in [2.45, 2.75) is 6.04 Å². The molecule has 0 spiro atoms. The number of anilines is 1. The number of hydrogen-bond donors (Lipinski definition) is 1. The molecule has 3 aromatic carbocycles. The van der Waals surface area contributed by atoms with Crippen molar-refractivity contribution >= 4 is 60.9 Å². The lowest BCUT2D eigenvalue weighted by Crippen LogP contribution is -2.30. The van der Waals surface area contributed by atoms with E-state index < -0.39 is 23.5 Å². The number of Topliss-reactive ketones (excluding diaryl/α,β-unsaturated/α-hetero) is 1. The van der Waals surface area contributed by atoms with Crippen LogP contribution >= 0.6 is 22.9 Å². The Morgan fingerprint density at radius 2 is 1.89 bits per heavy atom. The Balaban J connectivity index is 1.50. The molecule has 0 radical (unpaired) electrons. The molecule has 2 aromatic heterocycles. The number of aliphatic hydroxyl groups is 1. The van der Waals surface area contributed by atoms with Crippen LogP contribution in [0.4, 0.5) is 5.13 Å². The zero-order valence-electron chi connectivity index (χ0n) is 20.1. The Hall–Kier alpha value is -4.34. The van der Waals surface area contributed by atoms with Gasteiger partial charge in [-0.05, 0) is 48.0 Å². The first-order valence-electron chi connectivity index (χ1n) is 11.5. The molecule has 1 atom stereocenters. The maximum Gasteiger partial charge on any atom is 0.296 e. The standard InChI is InChI=1S/C28H19ClN2O6S/c1-35-17-9-10-18-21(13-17)38-28(30-18)31-23(14-5-3-7-16(29)11-14)22(25(33)27(31)34)24(32)20-12-15-6-4-8-19(36-2)26(15)37-20/h3-13,23,33H,1-2H3. The minimum atomic E-state index is -0.994. The van der Waals surface area contributed by atoms with Gasteiger partial charge in [-0.25, -0.2) is 4.98 Å². The monoisotopic (exact) mass is 546 g/mol. The van der Waals surface area contributed by atoms with Crippen LogP contribution in [0.5, 0.6) is 11.5 Å². The van der Waals surface area contributed by atoms with E-state index in [2.05, 4.69) is 4.98 Å². The summed E-state index contributed by atoms with van der Waals surface area (Å²) in [7, 11) is 3.07. The maximum absolute atomic E-state index is 13.9. The van der Waals surface area contributed by atoms with Crippen LogP contribution in [0.3, 0.4) is 0 Å². The molecule has 8 nitrogen and oxygen atoms in total. The number of nitrogens with zero attached hydrogens (tertiary/aromatic N) is 2. The van der Waals surface area contributed by atoms with Gasteiger partial charge in [-0.15, -0.1) is 0 Å². The first kappa shape index (κ1) is 24.0. The van der Waals surface area contributed by atoms with Crippen LogP contribution in [0.15, 0.2) is 82.5 Å². The summed E-state index contributed by atoms with van der Waals surface area (Å²) in [6.07, 6.45) is 0. The molecule has 6 rings (SSSR count). The van der Waals surface area contributed by atoms with Crippen LogP contribution in [0, 0.1) is 0 Å². The van der Waals surface area contributed by atoms with Gasteiger partial charge in [0.25, 0.3) is 5.91 Å². The number of thiazole rings is 1. The Labute approximate surface area is 225 Å². The third-order valence-corrected chi connectivity index (χ3v) is 7.61. The highest BCUT2D eigenvalue weighted by Crippen LogP contribution is 2.45. The van der Waals surface area contributed by atoms with Gasteiger partial charge in [0, 0.05) is 10.4 Å². The van der Waals surface area contributed by atoms with E-state index in [1.54, 1.807) is 67.8 Å². The highest BCUT2D eigenvalue weighted by Gasteiger charge is 2.46. The lowest BCUT2D eigenvalue weighted by atomic mass is 9.95. The van der Waals surface area contributed by atoms with Crippen molar-refractivity contribution < 1.29 is 28.6 Å². The predicted molar refractivity (Wildman–Crippen MR) is 145 cm³/mol. The molecule has 5 aromatic rings. The normalized spacial score (nSPS) is 15.6. The van der Waals surface area contributed by atoms with Crippen LogP contribution in [0.25, 0.3) is 21.2 Å². The van der Waals surface area contributed by atoms with E-state index in [0.29, 0.717) is 43.7 Å². The van der Waals surface area contributed by atoms with Crippen molar-refractivity contribution in [1.82, 2.24) is 4.98 Å². The maximum atomic E-state index is 13.9. The molecular weight excluding hydrogens is 528 g/mol. The number of fused-ring (bicyclic) bond motifs is 2. The summed E-state index contributed by atoms with van der Waals surface area (Å²) in [5, 5.41) is 12.4. The first-order chi connectivity index (χ1) is 18.4. The number of amides is 1. The number of methoxy groups -OCH3 is 2. The number of halogens is 1. The number of hydrogen-bond acceptors (Lipinski definition) is 8. The van der Waals surface area contributed by atoms with Gasteiger partial charge < -0.3 is 19.0 Å². The molecular formula is C28H19ClN2O6S. The fourth-order valence-electron chi connectivity index (χ4n) is 4.59. The largest absolute Gasteiger partial charge is 0.503 e. The fraction of sp³-hybridized carbons (Fsp3) is 0.107. The number of benzene rings is 3. The Bertz CT molecular complexity index is 1790. The molecule has 0 saturated carbocycles. The molecule has 1 unspecified atom stereocenters. The van der Waals surface area contributed by atoms with Crippen LogP contribution in [0.1, 0.15) is 22.2 Å². The zero-order valence-corrected chi connectivity index (χ0v) is 21.7. The van der Waals surface area contributed by atoms with E-state index in [1.165, 1.54) is 23.3 Å². The molecule has 1 N–H and O–H groups in total. The molecule has 190 valence electrons. The van der Waals surface area contributed by atoms with E-state index >= 15 is 0 Å². The molecule has 0 aliphatic carbocycles. The lowest BCUT2D eigenvalue weighted by Gasteiger charge is -2.24. The van der Waals surface area contributed by atoms with Gasteiger partial charge in [-0.1, -0.05) is 47.2 Å². The van der Waals surface area contributed by atoms with Gasteiger partial charge in [-0.3, -0.25) is 14.5 Å². The lowest BCUT2D eigenvalue weighted by molar-refractivity contribution is -0.117. The summed E-state index contributed by atoms with van der Waals surface area (Å²) in [6.45, 7) is 0. The minimum Gasteiger partial charge on any atom is -0.503 e. The number of furan rings is 1. The van der Waals surface area contributed by atoms with Crippen LogP contribution in [-0.4, -0.2) is 36.0 Å². The number of para-hydroxylation sites is 1. The van der Waals surface area contributed by atoms with Gasteiger partial charge in [0.05, 0.1) is 36.1 Å². The first-order valence-corrected chi connectivity index (χ1v) is 12.7. The molecule has 1 aliphatic heterocycles. The van der Waals surface area contributed by atoms with Gasteiger partial charge in [0.2, 0.25) is 5.78 Å².